The SMILES string of the molecule is CCN(C(=O)C(NC(=O)OC1CCC2(CO2)C(C2(C)OC2CC=C(C)C)C1OC)C(C)C)N(C)C. The number of methoxy groups -OCH3 is 1. The number of hydrogen-bond acceptors (Lipinski definition) is 7. The largest absolute Gasteiger partial charge is 0.443 e. The van der Waals surface area contributed by atoms with E-state index in [0.717, 1.165) is 12.8 Å². The number of alkyl carbamates (subject to hydrolysis) is 1. The maximum atomic E-state index is 13.1. The van der Waals surface area contributed by atoms with Crippen LogP contribution in [0.25, 0.3) is 0 Å². The number of carbonyl (C=O) groups is 2. The van der Waals surface area contributed by atoms with E-state index in [9.17, 15) is 9.59 Å². The third-order valence-electron chi connectivity index (χ3n) is 7.74. The molecule has 2 aliphatic heterocycles. The Kier molecular flexibility index (Phi) is 8.57. The molecule has 3 rings (SSSR count). The number of hydrogen-bond donors (Lipinski definition) is 1. The van der Waals surface area contributed by atoms with Crippen LogP contribution in [-0.2, 0) is 23.7 Å². The van der Waals surface area contributed by atoms with Gasteiger partial charge in [-0.1, -0.05) is 25.5 Å². The van der Waals surface area contributed by atoms with Gasteiger partial charge in [-0.05, 0) is 52.9 Å². The predicted molar refractivity (Wildman–Crippen MR) is 133 cm³/mol. The van der Waals surface area contributed by atoms with Crippen molar-refractivity contribution >= 4 is 12.0 Å². The summed E-state index contributed by atoms with van der Waals surface area (Å²) in [6.45, 7) is 13.2. The van der Waals surface area contributed by atoms with Gasteiger partial charge in [0.2, 0.25) is 0 Å². The van der Waals surface area contributed by atoms with Crippen molar-refractivity contribution in [2.75, 3.05) is 34.4 Å². The van der Waals surface area contributed by atoms with E-state index < -0.39 is 23.8 Å². The van der Waals surface area contributed by atoms with Gasteiger partial charge in [-0.3, -0.25) is 9.80 Å². The van der Waals surface area contributed by atoms with E-state index in [2.05, 4.69) is 32.2 Å². The Morgan fingerprint density at radius 1 is 1.26 bits per heavy atom. The maximum absolute atomic E-state index is 13.1. The topological polar surface area (TPSA) is 96.2 Å². The highest BCUT2D eigenvalue weighted by atomic mass is 16.6. The molecule has 1 N–H and O–H groups in total. The summed E-state index contributed by atoms with van der Waals surface area (Å²) in [6, 6.07) is -0.693. The molecule has 3 aliphatic rings. The van der Waals surface area contributed by atoms with Crippen molar-refractivity contribution in [2.45, 2.75) is 96.4 Å². The zero-order valence-corrected chi connectivity index (χ0v) is 22.9. The summed E-state index contributed by atoms with van der Waals surface area (Å²) >= 11 is 0. The minimum absolute atomic E-state index is 0.0473. The molecule has 35 heavy (non-hydrogen) atoms. The lowest BCUT2D eigenvalue weighted by molar-refractivity contribution is -0.148. The molecule has 0 aromatic heterocycles. The van der Waals surface area contributed by atoms with E-state index in [1.54, 1.807) is 17.1 Å². The molecule has 9 nitrogen and oxygen atoms in total. The number of nitrogens with one attached hydrogen (secondary N) is 1. The Hall–Kier alpha value is -1.68. The lowest BCUT2D eigenvalue weighted by atomic mass is 9.68. The summed E-state index contributed by atoms with van der Waals surface area (Å²) in [7, 11) is 5.27. The third kappa shape index (κ3) is 5.84. The van der Waals surface area contributed by atoms with Gasteiger partial charge in [0.25, 0.3) is 5.91 Å². The highest BCUT2D eigenvalue weighted by molar-refractivity contribution is 5.85. The van der Waals surface area contributed by atoms with Crippen molar-refractivity contribution < 1.29 is 28.5 Å². The predicted octanol–water partition coefficient (Wildman–Crippen LogP) is 3.14. The average Bonchev–Trinajstić information content (AvgIpc) is 3.69. The van der Waals surface area contributed by atoms with Crippen molar-refractivity contribution in [3.63, 3.8) is 0 Å². The molecule has 1 saturated carbocycles. The Balaban J connectivity index is 1.71. The summed E-state index contributed by atoms with van der Waals surface area (Å²) in [5.74, 6) is -0.311. The summed E-state index contributed by atoms with van der Waals surface area (Å²) in [6.07, 6.45) is 3.11. The van der Waals surface area contributed by atoms with Crippen LogP contribution in [0.4, 0.5) is 4.79 Å². The molecular formula is C26H45N3O6. The van der Waals surface area contributed by atoms with Crippen molar-refractivity contribution in [2.24, 2.45) is 11.8 Å². The molecular weight excluding hydrogens is 450 g/mol. The van der Waals surface area contributed by atoms with Gasteiger partial charge in [-0.2, -0.15) is 0 Å². The molecule has 2 saturated heterocycles. The van der Waals surface area contributed by atoms with E-state index in [-0.39, 0.29) is 35.6 Å². The fourth-order valence-corrected chi connectivity index (χ4v) is 5.68. The fourth-order valence-electron chi connectivity index (χ4n) is 5.68. The second kappa shape index (κ2) is 10.7. The van der Waals surface area contributed by atoms with Gasteiger partial charge >= 0.3 is 6.09 Å². The van der Waals surface area contributed by atoms with Gasteiger partial charge in [0, 0.05) is 27.7 Å². The lowest BCUT2D eigenvalue weighted by Gasteiger charge is -2.42. The minimum Gasteiger partial charge on any atom is -0.443 e. The summed E-state index contributed by atoms with van der Waals surface area (Å²) in [4.78, 5) is 26.1. The minimum atomic E-state index is -0.693. The molecule has 0 aromatic rings. The molecule has 3 fully saturated rings. The first-order valence-corrected chi connectivity index (χ1v) is 12.8. The fraction of sp³-hybridized carbons (Fsp3) is 0.846. The van der Waals surface area contributed by atoms with Crippen molar-refractivity contribution in [3.05, 3.63) is 11.6 Å². The van der Waals surface area contributed by atoms with Crippen LogP contribution in [0.1, 0.15) is 60.8 Å². The summed E-state index contributed by atoms with van der Waals surface area (Å²) < 4.78 is 24.1. The molecule has 0 aromatic carbocycles. The van der Waals surface area contributed by atoms with E-state index >= 15 is 0 Å². The molecule has 7 atom stereocenters. The van der Waals surface area contributed by atoms with Gasteiger partial charge < -0.3 is 24.3 Å². The Bertz CT molecular complexity index is 807. The van der Waals surface area contributed by atoms with Crippen LogP contribution in [0, 0.1) is 11.8 Å². The van der Waals surface area contributed by atoms with Crippen LogP contribution in [-0.4, -0.2) is 91.9 Å². The smallest absolute Gasteiger partial charge is 0.408 e. The number of likely N-dealkylation sites (N-methyl/N-ethyl adjacent to an activating group) is 1. The number of amides is 2. The number of epoxide rings is 2. The van der Waals surface area contributed by atoms with Crippen molar-refractivity contribution in [1.29, 1.82) is 0 Å². The second-order valence-corrected chi connectivity index (χ2v) is 11.1. The summed E-state index contributed by atoms with van der Waals surface area (Å²) in [5, 5.41) is 6.15. The van der Waals surface area contributed by atoms with Crippen LogP contribution >= 0.6 is 0 Å². The first kappa shape index (κ1) is 27.9. The van der Waals surface area contributed by atoms with Gasteiger partial charge in [0.1, 0.15) is 29.5 Å². The van der Waals surface area contributed by atoms with E-state index in [1.165, 1.54) is 5.57 Å². The molecule has 1 aliphatic carbocycles. The molecule has 200 valence electrons. The maximum Gasteiger partial charge on any atom is 0.408 e. The van der Waals surface area contributed by atoms with Crippen LogP contribution in [0.3, 0.4) is 0 Å². The number of nitrogens with zero attached hydrogens (tertiary/aromatic N) is 2. The van der Waals surface area contributed by atoms with Gasteiger partial charge in [0.15, 0.2) is 0 Å². The quantitative estimate of drug-likeness (QED) is 0.283. The molecule has 9 heteroatoms. The first-order valence-electron chi connectivity index (χ1n) is 12.8. The Morgan fingerprint density at radius 3 is 2.40 bits per heavy atom. The normalized spacial score (nSPS) is 34.5. The van der Waals surface area contributed by atoms with Crippen LogP contribution in [0.2, 0.25) is 0 Å². The lowest BCUT2D eigenvalue weighted by Crippen LogP contribution is -2.58. The highest BCUT2D eigenvalue weighted by Gasteiger charge is 2.72. The van der Waals surface area contributed by atoms with Gasteiger partial charge in [0.05, 0.1) is 18.6 Å². The average molecular weight is 496 g/mol. The molecule has 1 spiro atoms. The van der Waals surface area contributed by atoms with Gasteiger partial charge in [-0.15, -0.1) is 0 Å². The van der Waals surface area contributed by atoms with Gasteiger partial charge in [-0.25, -0.2) is 9.80 Å². The zero-order valence-electron chi connectivity index (χ0n) is 22.9. The number of allylic oxidation sites excluding steroid dienone is 1. The van der Waals surface area contributed by atoms with E-state index in [4.69, 9.17) is 18.9 Å². The Labute approximate surface area is 210 Å². The standard InChI is InChI=1S/C26H45N3O6/c1-10-29(28(7)8)23(30)20(17(4)5)27-24(31)34-18-13-14-26(15-33-26)22(21(18)32-9)25(6)19(35-25)12-11-16(2)3/h11,17-22H,10,12-15H2,1-9H3,(H,27,31). The monoisotopic (exact) mass is 495 g/mol. The molecule has 2 amide bonds. The van der Waals surface area contributed by atoms with Crippen LogP contribution in [0.15, 0.2) is 11.6 Å². The number of ether oxygens (including phenoxy) is 4. The summed E-state index contributed by atoms with van der Waals surface area (Å²) in [5.41, 5.74) is 0.580. The van der Waals surface area contributed by atoms with E-state index in [0.29, 0.717) is 19.6 Å². The first-order chi connectivity index (χ1) is 16.4. The number of rotatable bonds is 10. The van der Waals surface area contributed by atoms with Crippen molar-refractivity contribution in [3.8, 4) is 0 Å². The highest BCUT2D eigenvalue weighted by Crippen LogP contribution is 2.59. The van der Waals surface area contributed by atoms with E-state index in [1.807, 2.05) is 34.9 Å². The number of carbonyl (C=O) groups excluding carboxylic acids is 2. The zero-order chi connectivity index (χ0) is 26.1. The molecule has 0 radical (unpaired) electrons. The Morgan fingerprint density at radius 2 is 1.91 bits per heavy atom. The molecule has 0 bridgehead atoms. The molecule has 2 heterocycles. The second-order valence-electron chi connectivity index (χ2n) is 11.1. The number of hydrazine groups is 1. The third-order valence-corrected chi connectivity index (χ3v) is 7.74. The van der Waals surface area contributed by atoms with Crippen molar-refractivity contribution in [1.82, 2.24) is 15.3 Å². The van der Waals surface area contributed by atoms with Crippen LogP contribution < -0.4 is 5.32 Å². The molecule has 7 unspecified atom stereocenters. The van der Waals surface area contributed by atoms with Crippen LogP contribution in [0.5, 0.6) is 0 Å².